The molecule has 0 aromatic heterocycles. The lowest BCUT2D eigenvalue weighted by Gasteiger charge is -2.13. The van der Waals surface area contributed by atoms with E-state index in [1.807, 2.05) is 31.2 Å². The lowest BCUT2D eigenvalue weighted by Crippen LogP contribution is -2.24. The maximum Gasteiger partial charge on any atom is 0.132 e. The van der Waals surface area contributed by atoms with E-state index in [0.717, 1.165) is 23.5 Å². The van der Waals surface area contributed by atoms with Crippen molar-refractivity contribution in [2.45, 2.75) is 27.2 Å². The molecule has 0 amide bonds. The molecule has 0 radical (unpaired) electrons. The van der Waals surface area contributed by atoms with E-state index in [-0.39, 0.29) is 0 Å². The van der Waals surface area contributed by atoms with E-state index >= 15 is 0 Å². The van der Waals surface area contributed by atoms with Gasteiger partial charge in [0.15, 0.2) is 0 Å². The number of aliphatic imine (C=N–C) groups is 1. The van der Waals surface area contributed by atoms with E-state index in [9.17, 15) is 0 Å². The third-order valence-corrected chi connectivity index (χ3v) is 2.85. The van der Waals surface area contributed by atoms with E-state index in [2.05, 4.69) is 62.3 Å². The van der Waals surface area contributed by atoms with Crippen LogP contribution in [0, 0.1) is 5.92 Å². The fraction of sp³-hybridized carbons (Fsp3) is 0.318. The van der Waals surface area contributed by atoms with Crippen LogP contribution in [0.4, 0.5) is 0 Å². The number of hydrogen-bond acceptors (Lipinski definition) is 2. The van der Waals surface area contributed by atoms with Crippen molar-refractivity contribution in [2.75, 3.05) is 14.1 Å². The average molecular weight is 344 g/mol. The van der Waals surface area contributed by atoms with Crippen LogP contribution in [0.1, 0.15) is 27.2 Å². The van der Waals surface area contributed by atoms with Crippen molar-refractivity contribution < 1.29 is 0 Å². The molecule has 3 N–H and O–H groups in total. The van der Waals surface area contributed by atoms with Crippen molar-refractivity contribution in [2.24, 2.45) is 16.6 Å². The minimum absolute atomic E-state index is 0.340. The Bertz CT molecular complexity index is 485. The normalized spacial score (nSPS) is 12.8. The molecule has 3 nitrogen and oxygen atoms in total. The van der Waals surface area contributed by atoms with Crippen LogP contribution in [-0.2, 0) is 0 Å². The Balaban J connectivity index is -0.000000701. The highest BCUT2D eigenvalue weighted by atomic mass is 15.0. The molecule has 0 aliphatic heterocycles. The van der Waals surface area contributed by atoms with Crippen LogP contribution >= 0.6 is 0 Å². The summed E-state index contributed by atoms with van der Waals surface area (Å²) in [7, 11) is 3.28. The van der Waals surface area contributed by atoms with Gasteiger partial charge in [0.1, 0.15) is 5.84 Å². The molecule has 1 atom stereocenters. The van der Waals surface area contributed by atoms with Crippen LogP contribution < -0.4 is 11.1 Å². The maximum atomic E-state index is 4.50. The third kappa shape index (κ3) is 16.3. The molecule has 0 spiro atoms. The van der Waals surface area contributed by atoms with Gasteiger partial charge in [-0.15, -0.1) is 6.58 Å². The molecule has 0 aromatic rings. The fourth-order valence-electron chi connectivity index (χ4n) is 1.49. The van der Waals surface area contributed by atoms with Gasteiger partial charge >= 0.3 is 0 Å². The van der Waals surface area contributed by atoms with Crippen LogP contribution in [0.3, 0.4) is 0 Å². The van der Waals surface area contributed by atoms with Crippen molar-refractivity contribution in [3.63, 3.8) is 0 Å². The Hall–Kier alpha value is -2.39. The second-order valence-electron chi connectivity index (χ2n) is 4.66. The second kappa shape index (κ2) is 21.6. The first-order valence-electron chi connectivity index (χ1n) is 8.38. The van der Waals surface area contributed by atoms with Crippen molar-refractivity contribution in [1.82, 2.24) is 5.32 Å². The maximum absolute atomic E-state index is 4.50. The van der Waals surface area contributed by atoms with Crippen molar-refractivity contribution in [3.05, 3.63) is 86.2 Å². The van der Waals surface area contributed by atoms with Gasteiger partial charge in [-0.3, -0.25) is 4.99 Å². The first-order valence-corrected chi connectivity index (χ1v) is 8.38. The van der Waals surface area contributed by atoms with Crippen LogP contribution in [0.25, 0.3) is 0 Å². The lowest BCUT2D eigenvalue weighted by molar-refractivity contribution is 0.874. The number of nitrogens with zero attached hydrogens (tertiary/aromatic N) is 1. The number of nitrogens with one attached hydrogen (secondary N) is 1. The predicted octanol–water partition coefficient (Wildman–Crippen LogP) is 5.34. The van der Waals surface area contributed by atoms with Crippen molar-refractivity contribution >= 4 is 5.84 Å². The summed E-state index contributed by atoms with van der Waals surface area (Å²) in [5, 5.41) is 3.37. The van der Waals surface area contributed by atoms with E-state index in [4.69, 9.17) is 0 Å². The highest BCUT2D eigenvalue weighted by Crippen LogP contribution is 2.08. The smallest absolute Gasteiger partial charge is 0.132 e. The predicted molar refractivity (Wildman–Crippen MR) is 118 cm³/mol. The quantitative estimate of drug-likeness (QED) is 0.270. The number of hydrogen-bond donors (Lipinski definition) is 2. The lowest BCUT2D eigenvalue weighted by atomic mass is 10.1. The first kappa shape index (κ1) is 27.5. The summed E-state index contributed by atoms with van der Waals surface area (Å²) in [4.78, 5) is 4.30. The molecule has 0 aromatic carbocycles. The summed E-state index contributed by atoms with van der Waals surface area (Å²) in [5.41, 5.74) is 6.62. The standard InChI is InChI=1S/C17H26N2.C4H6.CH5N/c1-7-11-12-15(9-3)17(18-6)19-16(10-4)13-14(5)8-2;1-3-4-2;1-2/h7-9,11-14H,2-3,10H2,1,4-6H3,(H,18,19);3-4H,1-2H2;2H2,1H3/b11-7-,15-12+,16-13+;;. The largest absolute Gasteiger partial charge is 0.344 e. The van der Waals surface area contributed by atoms with E-state index in [1.54, 1.807) is 25.3 Å². The van der Waals surface area contributed by atoms with Crippen LogP contribution in [0.5, 0.6) is 0 Å². The van der Waals surface area contributed by atoms with Crippen molar-refractivity contribution in [3.8, 4) is 0 Å². The summed E-state index contributed by atoms with van der Waals surface area (Å²) < 4.78 is 0. The summed E-state index contributed by atoms with van der Waals surface area (Å²) in [6, 6.07) is 0. The van der Waals surface area contributed by atoms with E-state index < -0.39 is 0 Å². The molecular formula is C22H37N3. The van der Waals surface area contributed by atoms with Crippen molar-refractivity contribution in [1.29, 1.82) is 0 Å². The minimum Gasteiger partial charge on any atom is -0.344 e. The fourth-order valence-corrected chi connectivity index (χ4v) is 1.49. The van der Waals surface area contributed by atoms with E-state index in [1.165, 1.54) is 7.05 Å². The third-order valence-electron chi connectivity index (χ3n) is 2.85. The van der Waals surface area contributed by atoms with Gasteiger partial charge in [0, 0.05) is 18.3 Å². The molecule has 0 saturated heterocycles. The molecule has 3 heteroatoms. The molecule has 0 heterocycles. The molecule has 0 aliphatic rings. The van der Waals surface area contributed by atoms with E-state index in [0.29, 0.717) is 5.92 Å². The Morgan fingerprint density at radius 2 is 1.72 bits per heavy atom. The topological polar surface area (TPSA) is 50.4 Å². The number of rotatable bonds is 8. The zero-order valence-electron chi connectivity index (χ0n) is 16.8. The molecule has 25 heavy (non-hydrogen) atoms. The molecule has 0 saturated carbocycles. The molecule has 0 aliphatic carbocycles. The van der Waals surface area contributed by atoms with Gasteiger partial charge in [-0.05, 0) is 26.3 Å². The monoisotopic (exact) mass is 343 g/mol. The van der Waals surface area contributed by atoms with Gasteiger partial charge in [-0.1, -0.05) is 82.2 Å². The highest BCUT2D eigenvalue weighted by Gasteiger charge is 2.04. The number of nitrogens with two attached hydrogens (primary N) is 1. The Morgan fingerprint density at radius 1 is 1.16 bits per heavy atom. The highest BCUT2D eigenvalue weighted by molar-refractivity contribution is 6.01. The SMILES string of the molecule is C=C/C(=C\C=C/C)C(=NC)N/C(=C/C(C)C=C)CC.C=CC=C.CN. The van der Waals surface area contributed by atoms with Crippen LogP contribution in [0.2, 0.25) is 0 Å². The Kier molecular flexibility index (Phi) is 23.7. The number of allylic oxidation sites excluding steroid dienone is 8. The molecule has 1 unspecified atom stereocenters. The summed E-state index contributed by atoms with van der Waals surface area (Å²) in [5.74, 6) is 1.17. The summed E-state index contributed by atoms with van der Waals surface area (Å²) in [6.07, 6.45) is 16.0. The second-order valence-corrected chi connectivity index (χ2v) is 4.66. The number of amidine groups is 1. The zero-order chi connectivity index (χ0) is 20.1. The molecule has 0 rings (SSSR count). The van der Waals surface area contributed by atoms with Gasteiger partial charge in [0.05, 0.1) is 0 Å². The van der Waals surface area contributed by atoms with Crippen LogP contribution in [0.15, 0.2) is 91.2 Å². The van der Waals surface area contributed by atoms with Gasteiger partial charge < -0.3 is 11.1 Å². The van der Waals surface area contributed by atoms with Crippen LogP contribution in [-0.4, -0.2) is 19.9 Å². The first-order chi connectivity index (χ1) is 12.0. The van der Waals surface area contributed by atoms with Gasteiger partial charge in [0.2, 0.25) is 0 Å². The molecule has 0 fully saturated rings. The Labute approximate surface area is 155 Å². The minimum atomic E-state index is 0.340. The summed E-state index contributed by atoms with van der Waals surface area (Å²) in [6.45, 7) is 20.6. The van der Waals surface area contributed by atoms with Gasteiger partial charge in [0.25, 0.3) is 0 Å². The zero-order valence-corrected chi connectivity index (χ0v) is 16.8. The molecule has 0 bridgehead atoms. The molecular weight excluding hydrogens is 306 g/mol. The average Bonchev–Trinajstić information content (AvgIpc) is 2.67. The summed E-state index contributed by atoms with van der Waals surface area (Å²) >= 11 is 0. The molecule has 140 valence electrons. The van der Waals surface area contributed by atoms with Gasteiger partial charge in [-0.25, -0.2) is 0 Å². The Morgan fingerprint density at radius 3 is 2.04 bits per heavy atom. The van der Waals surface area contributed by atoms with Gasteiger partial charge in [-0.2, -0.15) is 0 Å².